The van der Waals surface area contributed by atoms with Gasteiger partial charge in [-0.05, 0) is 30.3 Å². The van der Waals surface area contributed by atoms with Crippen LogP contribution in [0.4, 0.5) is 0 Å². The summed E-state index contributed by atoms with van der Waals surface area (Å²) in [7, 11) is 0. The van der Waals surface area contributed by atoms with Crippen molar-refractivity contribution < 1.29 is 4.79 Å². The molecular formula is C16H10Cl2N6O. The highest BCUT2D eigenvalue weighted by atomic mass is 35.5. The topological polar surface area (TPSA) is 78.5 Å². The van der Waals surface area contributed by atoms with Gasteiger partial charge in [0.1, 0.15) is 18.2 Å². The number of Topliss-reactive ketones (excluding diaryl/α,β-unsaturated/α-hetero) is 1. The van der Waals surface area contributed by atoms with Crippen LogP contribution in [0.15, 0.2) is 55.1 Å². The number of para-hydroxylation sites is 1. The first-order valence-electron chi connectivity index (χ1n) is 7.28. The summed E-state index contributed by atoms with van der Waals surface area (Å²) < 4.78 is 2.89. The fourth-order valence-corrected chi connectivity index (χ4v) is 2.96. The summed E-state index contributed by atoms with van der Waals surface area (Å²) in [5.41, 5.74) is 1.63. The molecule has 4 rings (SSSR count). The van der Waals surface area contributed by atoms with Crippen LogP contribution in [0.5, 0.6) is 0 Å². The minimum atomic E-state index is -0.925. The van der Waals surface area contributed by atoms with Crippen LogP contribution in [-0.4, -0.2) is 35.5 Å². The number of carbonyl (C=O) groups excluding carboxylic acids is 1. The predicted molar refractivity (Wildman–Crippen MR) is 92.8 cm³/mol. The molecule has 0 aliphatic rings. The van der Waals surface area contributed by atoms with E-state index in [0.29, 0.717) is 21.1 Å². The van der Waals surface area contributed by atoms with Crippen LogP contribution in [0.2, 0.25) is 10.0 Å². The van der Waals surface area contributed by atoms with Gasteiger partial charge in [-0.25, -0.2) is 14.3 Å². The highest BCUT2D eigenvalue weighted by Gasteiger charge is 2.29. The zero-order valence-corrected chi connectivity index (χ0v) is 14.1. The Morgan fingerprint density at radius 2 is 1.96 bits per heavy atom. The number of halogens is 2. The minimum absolute atomic E-state index is 0.272. The quantitative estimate of drug-likeness (QED) is 0.513. The van der Waals surface area contributed by atoms with Crippen LogP contribution in [-0.2, 0) is 0 Å². The molecule has 2 aromatic carbocycles. The van der Waals surface area contributed by atoms with Gasteiger partial charge in [-0.2, -0.15) is 5.10 Å². The molecule has 0 spiro atoms. The lowest BCUT2D eigenvalue weighted by molar-refractivity contribution is 0.0888. The molecule has 0 amide bonds. The molecule has 0 bridgehead atoms. The van der Waals surface area contributed by atoms with Gasteiger partial charge in [-0.1, -0.05) is 40.5 Å². The smallest absolute Gasteiger partial charge is 0.211 e. The van der Waals surface area contributed by atoms with Crippen LogP contribution < -0.4 is 0 Å². The number of carbonyl (C=O) groups is 1. The van der Waals surface area contributed by atoms with Gasteiger partial charge >= 0.3 is 0 Å². The molecule has 0 aliphatic heterocycles. The van der Waals surface area contributed by atoms with Crippen LogP contribution in [0.1, 0.15) is 16.5 Å². The van der Waals surface area contributed by atoms with Gasteiger partial charge in [-0.3, -0.25) is 4.79 Å². The molecule has 0 N–H and O–H groups in total. The Morgan fingerprint density at radius 1 is 1.12 bits per heavy atom. The Kier molecular flexibility index (Phi) is 3.95. The molecule has 1 atom stereocenters. The number of fused-ring (bicyclic) bond motifs is 1. The summed E-state index contributed by atoms with van der Waals surface area (Å²) in [6.45, 7) is 0. The first kappa shape index (κ1) is 15.7. The van der Waals surface area contributed by atoms with Crippen molar-refractivity contribution in [2.45, 2.75) is 6.17 Å². The fourth-order valence-electron chi connectivity index (χ4n) is 2.58. The fraction of sp³-hybridized carbons (Fsp3) is 0.0625. The van der Waals surface area contributed by atoms with E-state index < -0.39 is 6.17 Å². The van der Waals surface area contributed by atoms with Crippen LogP contribution in [0.25, 0.3) is 11.0 Å². The number of hydrogen-bond acceptors (Lipinski definition) is 5. The van der Waals surface area contributed by atoms with Gasteiger partial charge < -0.3 is 0 Å². The van der Waals surface area contributed by atoms with Crippen molar-refractivity contribution in [3.8, 4) is 0 Å². The molecule has 0 saturated heterocycles. The third-order valence-corrected chi connectivity index (χ3v) is 4.29. The van der Waals surface area contributed by atoms with Crippen molar-refractivity contribution in [2.24, 2.45) is 0 Å². The number of aromatic nitrogens is 6. The standard InChI is InChI=1S/C16H10Cl2N6O/c17-10-5-6-12(18)11(7-10)15(25)16(23-9-19-8-20-23)24-14-4-2-1-3-13(14)21-22-24/h1-9,16H/t16-/m1/s1. The van der Waals surface area contributed by atoms with Gasteiger partial charge in [0.25, 0.3) is 0 Å². The number of rotatable bonds is 4. The highest BCUT2D eigenvalue weighted by molar-refractivity contribution is 6.36. The van der Waals surface area contributed by atoms with E-state index in [1.165, 1.54) is 28.1 Å². The van der Waals surface area contributed by atoms with Gasteiger partial charge in [0, 0.05) is 10.6 Å². The van der Waals surface area contributed by atoms with E-state index in [-0.39, 0.29) is 11.3 Å². The molecule has 7 nitrogen and oxygen atoms in total. The summed E-state index contributed by atoms with van der Waals surface area (Å²) in [6, 6.07) is 12.1. The Balaban J connectivity index is 1.91. The third kappa shape index (κ3) is 2.77. The Hall–Kier alpha value is -2.77. The van der Waals surface area contributed by atoms with Crippen molar-refractivity contribution in [3.05, 3.63) is 70.7 Å². The summed E-state index contributed by atoms with van der Waals surface area (Å²) in [5, 5.41) is 13.0. The van der Waals surface area contributed by atoms with Crippen molar-refractivity contribution in [1.82, 2.24) is 29.8 Å². The van der Waals surface area contributed by atoms with Gasteiger partial charge in [0.15, 0.2) is 0 Å². The zero-order valence-electron chi connectivity index (χ0n) is 12.6. The molecule has 0 unspecified atom stereocenters. The van der Waals surface area contributed by atoms with Crippen LogP contribution in [0, 0.1) is 0 Å². The highest BCUT2D eigenvalue weighted by Crippen LogP contribution is 2.27. The van der Waals surface area contributed by atoms with E-state index in [4.69, 9.17) is 23.2 Å². The summed E-state index contributed by atoms with van der Waals surface area (Å²) in [5.74, 6) is -0.325. The van der Waals surface area contributed by atoms with Gasteiger partial charge in [0.05, 0.1) is 10.5 Å². The SMILES string of the molecule is O=C(c1cc(Cl)ccc1Cl)[C@H](n1cncn1)n1nnc2ccccc21. The molecule has 124 valence electrons. The zero-order chi connectivity index (χ0) is 17.4. The second kappa shape index (κ2) is 6.27. The van der Waals surface area contributed by atoms with Crippen molar-refractivity contribution in [1.29, 1.82) is 0 Å². The van der Waals surface area contributed by atoms with Crippen molar-refractivity contribution >= 4 is 40.0 Å². The number of benzene rings is 2. The summed E-state index contributed by atoms with van der Waals surface area (Å²) >= 11 is 12.2. The maximum absolute atomic E-state index is 13.2. The number of ketones is 1. The molecule has 4 aromatic rings. The lowest BCUT2D eigenvalue weighted by Gasteiger charge is -2.17. The number of nitrogens with zero attached hydrogens (tertiary/aromatic N) is 6. The molecule has 0 radical (unpaired) electrons. The Morgan fingerprint density at radius 3 is 2.76 bits per heavy atom. The van der Waals surface area contributed by atoms with Crippen molar-refractivity contribution in [3.63, 3.8) is 0 Å². The second-order valence-corrected chi connectivity index (χ2v) is 6.10. The van der Waals surface area contributed by atoms with Gasteiger partial charge in [0.2, 0.25) is 11.9 Å². The molecule has 0 saturated carbocycles. The Bertz CT molecular complexity index is 1060. The first-order valence-corrected chi connectivity index (χ1v) is 8.04. The Labute approximate surface area is 151 Å². The average Bonchev–Trinajstić information content (AvgIpc) is 3.28. The lowest BCUT2D eigenvalue weighted by atomic mass is 10.1. The third-order valence-electron chi connectivity index (χ3n) is 3.72. The van der Waals surface area contributed by atoms with E-state index in [1.807, 2.05) is 24.3 Å². The molecular weight excluding hydrogens is 363 g/mol. The largest absolute Gasteiger partial charge is 0.289 e. The maximum Gasteiger partial charge on any atom is 0.211 e. The predicted octanol–water partition coefficient (Wildman–Crippen LogP) is 3.26. The second-order valence-electron chi connectivity index (χ2n) is 5.26. The minimum Gasteiger partial charge on any atom is -0.289 e. The van der Waals surface area contributed by atoms with Crippen LogP contribution in [0.3, 0.4) is 0 Å². The molecule has 2 aromatic heterocycles. The molecule has 0 aliphatic carbocycles. The van der Waals surface area contributed by atoms with E-state index >= 15 is 0 Å². The van der Waals surface area contributed by atoms with E-state index in [0.717, 1.165) is 0 Å². The first-order chi connectivity index (χ1) is 12.1. The monoisotopic (exact) mass is 372 g/mol. The van der Waals surface area contributed by atoms with Crippen LogP contribution >= 0.6 is 23.2 Å². The molecule has 9 heteroatoms. The lowest BCUT2D eigenvalue weighted by Crippen LogP contribution is -2.28. The van der Waals surface area contributed by atoms with Crippen molar-refractivity contribution in [2.75, 3.05) is 0 Å². The van der Waals surface area contributed by atoms with E-state index in [1.54, 1.807) is 12.1 Å². The number of hydrogen-bond donors (Lipinski definition) is 0. The maximum atomic E-state index is 13.2. The van der Waals surface area contributed by atoms with E-state index in [9.17, 15) is 4.79 Å². The summed E-state index contributed by atoms with van der Waals surface area (Å²) in [6.07, 6.45) is 1.86. The molecule has 2 heterocycles. The molecule has 0 fully saturated rings. The molecule has 25 heavy (non-hydrogen) atoms. The average molecular weight is 373 g/mol. The summed E-state index contributed by atoms with van der Waals surface area (Å²) in [4.78, 5) is 17.2. The van der Waals surface area contributed by atoms with Gasteiger partial charge in [-0.15, -0.1) is 5.10 Å². The van der Waals surface area contributed by atoms with E-state index in [2.05, 4.69) is 20.4 Å². The normalized spacial score (nSPS) is 12.4.